The van der Waals surface area contributed by atoms with Gasteiger partial charge in [0.25, 0.3) is 0 Å². The Labute approximate surface area is 117 Å². The average molecular weight is 275 g/mol. The van der Waals surface area contributed by atoms with Crippen LogP contribution >= 0.6 is 0 Å². The molecular formula is C12H17N7O. The van der Waals surface area contributed by atoms with E-state index in [2.05, 4.69) is 35.6 Å². The number of rotatable bonds is 7. The van der Waals surface area contributed by atoms with Crippen molar-refractivity contribution in [2.24, 2.45) is 0 Å². The molecule has 0 saturated carbocycles. The van der Waals surface area contributed by atoms with Gasteiger partial charge in [0.15, 0.2) is 0 Å². The van der Waals surface area contributed by atoms with Gasteiger partial charge in [-0.25, -0.2) is 9.97 Å². The molecule has 0 aromatic carbocycles. The summed E-state index contributed by atoms with van der Waals surface area (Å²) in [6.45, 7) is 3.09. The zero-order valence-corrected chi connectivity index (χ0v) is 11.5. The topological polar surface area (TPSA) is 97.7 Å². The molecule has 0 spiro atoms. The summed E-state index contributed by atoms with van der Waals surface area (Å²) in [6, 6.07) is 2.12. The summed E-state index contributed by atoms with van der Waals surface area (Å²) in [5, 5.41) is 5.95. The number of anilines is 2. The Hall–Kier alpha value is -2.51. The third kappa shape index (κ3) is 4.01. The molecule has 2 rings (SSSR count). The minimum absolute atomic E-state index is 0.302. The van der Waals surface area contributed by atoms with Crippen LogP contribution < -0.4 is 15.4 Å². The van der Waals surface area contributed by atoms with E-state index in [4.69, 9.17) is 4.74 Å². The molecule has 0 fully saturated rings. The van der Waals surface area contributed by atoms with E-state index in [-0.39, 0.29) is 0 Å². The van der Waals surface area contributed by atoms with Gasteiger partial charge < -0.3 is 15.4 Å². The second-order valence-electron chi connectivity index (χ2n) is 3.92. The Morgan fingerprint density at radius 1 is 1.20 bits per heavy atom. The number of ether oxygens (including phenoxy) is 1. The Bertz CT molecular complexity index is 535. The van der Waals surface area contributed by atoms with Crippen LogP contribution in [0.5, 0.6) is 6.01 Å². The maximum atomic E-state index is 5.42. The summed E-state index contributed by atoms with van der Waals surface area (Å²) in [5.41, 5.74) is 0.849. The molecule has 20 heavy (non-hydrogen) atoms. The highest BCUT2D eigenvalue weighted by Gasteiger charge is 2.06. The van der Waals surface area contributed by atoms with Crippen LogP contribution in [0, 0.1) is 0 Å². The lowest BCUT2D eigenvalue weighted by Gasteiger charge is -2.08. The van der Waals surface area contributed by atoms with Gasteiger partial charge in [0.05, 0.1) is 18.8 Å². The molecule has 2 N–H and O–H groups in total. The third-order valence-electron chi connectivity index (χ3n) is 2.34. The molecule has 0 amide bonds. The largest absolute Gasteiger partial charge is 0.463 e. The molecule has 2 aromatic heterocycles. The van der Waals surface area contributed by atoms with Gasteiger partial charge >= 0.3 is 6.01 Å². The van der Waals surface area contributed by atoms with Gasteiger partial charge in [0.2, 0.25) is 11.9 Å². The molecule has 0 radical (unpaired) electrons. The summed E-state index contributed by atoms with van der Waals surface area (Å²) in [5.74, 6) is 0.894. The smallest absolute Gasteiger partial charge is 0.323 e. The van der Waals surface area contributed by atoms with Crippen molar-refractivity contribution < 1.29 is 4.74 Å². The molecule has 0 atom stereocenters. The molecule has 8 nitrogen and oxygen atoms in total. The van der Waals surface area contributed by atoms with Crippen molar-refractivity contribution in [1.29, 1.82) is 0 Å². The van der Waals surface area contributed by atoms with Crippen molar-refractivity contribution in [3.05, 3.63) is 24.3 Å². The molecular weight excluding hydrogens is 258 g/mol. The van der Waals surface area contributed by atoms with Gasteiger partial charge in [-0.1, -0.05) is 6.92 Å². The molecule has 0 saturated heterocycles. The highest BCUT2D eigenvalue weighted by Crippen LogP contribution is 2.11. The maximum Gasteiger partial charge on any atom is 0.323 e. The Balaban J connectivity index is 2.06. The number of aromatic nitrogens is 5. The van der Waals surface area contributed by atoms with E-state index in [1.807, 2.05) is 13.0 Å². The third-order valence-corrected chi connectivity index (χ3v) is 2.34. The Morgan fingerprint density at radius 2 is 2.05 bits per heavy atom. The van der Waals surface area contributed by atoms with Crippen LogP contribution in [0.25, 0.3) is 0 Å². The minimum Gasteiger partial charge on any atom is -0.463 e. The van der Waals surface area contributed by atoms with Crippen molar-refractivity contribution in [3.8, 4) is 6.01 Å². The second-order valence-corrected chi connectivity index (χ2v) is 3.92. The summed E-state index contributed by atoms with van der Waals surface area (Å²) in [4.78, 5) is 20.5. The lowest BCUT2D eigenvalue weighted by atomic mass is 10.4. The first-order chi connectivity index (χ1) is 9.81. The van der Waals surface area contributed by atoms with Gasteiger partial charge in [-0.3, -0.25) is 0 Å². The standard InChI is InChI=1S/C12H17N7O/c1-3-6-20-12-18-10(13-2)17-11(19-12)15-7-9-4-5-14-8-16-9/h4-5,8H,3,6-7H2,1-2H3,(H2,13,15,17,18,19). The minimum atomic E-state index is 0.302. The summed E-state index contributed by atoms with van der Waals surface area (Å²) < 4.78 is 5.42. The monoisotopic (exact) mass is 275 g/mol. The van der Waals surface area contributed by atoms with Gasteiger partial charge in [-0.15, -0.1) is 0 Å². The molecule has 0 aliphatic rings. The molecule has 2 aromatic rings. The maximum absolute atomic E-state index is 5.42. The van der Waals surface area contributed by atoms with Crippen molar-refractivity contribution in [2.75, 3.05) is 24.3 Å². The van der Waals surface area contributed by atoms with Crippen LogP contribution in [0.2, 0.25) is 0 Å². The first-order valence-corrected chi connectivity index (χ1v) is 6.37. The van der Waals surface area contributed by atoms with Crippen LogP contribution in [0.3, 0.4) is 0 Å². The van der Waals surface area contributed by atoms with Crippen LogP contribution in [-0.2, 0) is 6.54 Å². The molecule has 0 bridgehead atoms. The number of hydrogen-bond donors (Lipinski definition) is 2. The number of nitrogens with zero attached hydrogens (tertiary/aromatic N) is 5. The van der Waals surface area contributed by atoms with Gasteiger partial charge in [0, 0.05) is 13.2 Å². The zero-order valence-electron chi connectivity index (χ0n) is 11.5. The summed E-state index contributed by atoms with van der Waals surface area (Å²) >= 11 is 0. The first kappa shape index (κ1) is 13.9. The fraction of sp³-hybridized carbons (Fsp3) is 0.417. The van der Waals surface area contributed by atoms with Gasteiger partial charge in [0.1, 0.15) is 6.33 Å². The van der Waals surface area contributed by atoms with Gasteiger partial charge in [-0.05, 0) is 12.5 Å². The van der Waals surface area contributed by atoms with Crippen LogP contribution in [0.15, 0.2) is 18.6 Å². The van der Waals surface area contributed by atoms with E-state index in [9.17, 15) is 0 Å². The molecule has 0 unspecified atom stereocenters. The van der Waals surface area contributed by atoms with Crippen molar-refractivity contribution >= 4 is 11.9 Å². The first-order valence-electron chi connectivity index (χ1n) is 6.37. The highest BCUT2D eigenvalue weighted by atomic mass is 16.5. The van der Waals surface area contributed by atoms with Gasteiger partial charge in [-0.2, -0.15) is 15.0 Å². The van der Waals surface area contributed by atoms with Crippen molar-refractivity contribution in [2.45, 2.75) is 19.9 Å². The molecule has 0 aliphatic carbocycles. The van der Waals surface area contributed by atoms with E-state index >= 15 is 0 Å². The average Bonchev–Trinajstić information content (AvgIpc) is 2.51. The van der Waals surface area contributed by atoms with Crippen molar-refractivity contribution in [1.82, 2.24) is 24.9 Å². The van der Waals surface area contributed by atoms with Crippen LogP contribution in [-0.4, -0.2) is 38.6 Å². The highest BCUT2D eigenvalue weighted by molar-refractivity contribution is 5.35. The lowest BCUT2D eigenvalue weighted by molar-refractivity contribution is 0.292. The fourth-order valence-corrected chi connectivity index (χ4v) is 1.40. The fourth-order valence-electron chi connectivity index (χ4n) is 1.40. The quantitative estimate of drug-likeness (QED) is 0.775. The molecule has 8 heteroatoms. The van der Waals surface area contributed by atoms with E-state index in [0.29, 0.717) is 31.1 Å². The van der Waals surface area contributed by atoms with Crippen LogP contribution in [0.4, 0.5) is 11.9 Å². The van der Waals surface area contributed by atoms with E-state index in [1.54, 1.807) is 13.2 Å². The normalized spacial score (nSPS) is 10.1. The SMILES string of the molecule is CCCOc1nc(NC)nc(NCc2ccncn2)n1. The van der Waals surface area contributed by atoms with E-state index in [0.717, 1.165) is 12.1 Å². The van der Waals surface area contributed by atoms with Crippen molar-refractivity contribution in [3.63, 3.8) is 0 Å². The summed E-state index contributed by atoms with van der Waals surface area (Å²) in [6.07, 6.45) is 4.08. The molecule has 106 valence electrons. The Kier molecular flexibility index (Phi) is 4.99. The number of hydrogen-bond acceptors (Lipinski definition) is 8. The Morgan fingerprint density at radius 3 is 2.75 bits per heavy atom. The molecule has 2 heterocycles. The van der Waals surface area contributed by atoms with E-state index in [1.165, 1.54) is 6.33 Å². The zero-order chi connectivity index (χ0) is 14.2. The van der Waals surface area contributed by atoms with E-state index < -0.39 is 0 Å². The predicted molar refractivity (Wildman–Crippen MR) is 74.5 cm³/mol. The predicted octanol–water partition coefficient (Wildman–Crippen LogP) is 1.10. The van der Waals surface area contributed by atoms with Crippen LogP contribution in [0.1, 0.15) is 19.0 Å². The summed E-state index contributed by atoms with van der Waals surface area (Å²) in [7, 11) is 1.74. The molecule has 0 aliphatic heterocycles. The lowest BCUT2D eigenvalue weighted by Crippen LogP contribution is -2.10. The number of nitrogens with one attached hydrogen (secondary N) is 2. The second kappa shape index (κ2) is 7.17.